The highest BCUT2D eigenvalue weighted by Crippen LogP contribution is 2.23. The lowest BCUT2D eigenvalue weighted by Crippen LogP contribution is -2.22. The van der Waals surface area contributed by atoms with Crippen molar-refractivity contribution in [1.82, 2.24) is 0 Å². The number of hydrogen-bond donors (Lipinski definition) is 2. The summed E-state index contributed by atoms with van der Waals surface area (Å²) in [7, 11) is 0. The van der Waals surface area contributed by atoms with Crippen molar-refractivity contribution in [1.29, 1.82) is 0 Å². The van der Waals surface area contributed by atoms with E-state index >= 15 is 0 Å². The van der Waals surface area contributed by atoms with E-state index in [1.807, 2.05) is 31.2 Å². The van der Waals surface area contributed by atoms with E-state index in [0.29, 0.717) is 0 Å². The molecule has 0 heterocycles. The number of carbonyl (C=O) groups excluding carboxylic acids is 1. The smallest absolute Gasteiger partial charge is 0.185 e. The minimum Gasteiger partial charge on any atom is -0.389 e. The largest absolute Gasteiger partial charge is 0.389 e. The molecule has 0 fully saturated rings. The summed E-state index contributed by atoms with van der Waals surface area (Å²) in [5.74, 6) is 0.217. The predicted molar refractivity (Wildman–Crippen MR) is 69.9 cm³/mol. The minimum absolute atomic E-state index is 0.0555. The fraction of sp³-hybridized carbons (Fsp3) is 0.462. The van der Waals surface area contributed by atoms with Gasteiger partial charge in [0.15, 0.2) is 5.12 Å². The molecule has 1 rings (SSSR count). The van der Waals surface area contributed by atoms with E-state index in [1.165, 1.54) is 6.92 Å². The van der Waals surface area contributed by atoms with Gasteiger partial charge in [0.05, 0.1) is 6.10 Å². The van der Waals surface area contributed by atoms with Gasteiger partial charge in [-0.15, -0.1) is 0 Å². The van der Waals surface area contributed by atoms with Crippen LogP contribution in [0, 0.1) is 0 Å². The third kappa shape index (κ3) is 4.15. The zero-order valence-corrected chi connectivity index (χ0v) is 10.9. The molecule has 0 amide bonds. The number of rotatable bonds is 5. The highest BCUT2D eigenvalue weighted by atomic mass is 32.2. The van der Waals surface area contributed by atoms with Gasteiger partial charge in [0.2, 0.25) is 0 Å². The van der Waals surface area contributed by atoms with Gasteiger partial charge in [-0.2, -0.15) is 0 Å². The van der Waals surface area contributed by atoms with Crippen LogP contribution in [-0.2, 0) is 11.2 Å². The van der Waals surface area contributed by atoms with Crippen molar-refractivity contribution >= 4 is 16.9 Å². The molecule has 0 aliphatic heterocycles. The Bertz CT molecular complexity index is 379. The molecule has 0 bridgehead atoms. The first-order valence-electron chi connectivity index (χ1n) is 5.63. The zero-order valence-electron chi connectivity index (χ0n) is 10.1. The summed E-state index contributed by atoms with van der Waals surface area (Å²) in [5, 5.41) is 19.8. The van der Waals surface area contributed by atoms with Crippen LogP contribution in [0.2, 0.25) is 0 Å². The van der Waals surface area contributed by atoms with Crippen LogP contribution in [0.25, 0.3) is 0 Å². The third-order valence-corrected chi connectivity index (χ3v) is 3.49. The molecule has 0 radical (unpaired) electrons. The minimum atomic E-state index is -0.932. The van der Waals surface area contributed by atoms with Gasteiger partial charge in [-0.05, 0) is 17.5 Å². The van der Waals surface area contributed by atoms with Crippen LogP contribution in [0.15, 0.2) is 24.3 Å². The Balaban J connectivity index is 2.73. The molecule has 0 saturated heterocycles. The number of thioether (sulfide) groups is 1. The Morgan fingerprint density at radius 3 is 2.59 bits per heavy atom. The summed E-state index contributed by atoms with van der Waals surface area (Å²) in [5.41, 5.74) is 1.76. The fourth-order valence-corrected chi connectivity index (χ4v) is 2.23. The Kier molecular flexibility index (Phi) is 5.68. The zero-order chi connectivity index (χ0) is 12.8. The molecule has 94 valence electrons. The van der Waals surface area contributed by atoms with Crippen LogP contribution >= 0.6 is 11.8 Å². The molecule has 2 N–H and O–H groups in total. The summed E-state index contributed by atoms with van der Waals surface area (Å²) in [6, 6.07) is 7.49. The van der Waals surface area contributed by atoms with Crippen LogP contribution in [0.3, 0.4) is 0 Å². The second kappa shape index (κ2) is 6.79. The molecule has 0 aliphatic rings. The van der Waals surface area contributed by atoms with E-state index in [-0.39, 0.29) is 10.9 Å². The van der Waals surface area contributed by atoms with Crippen LogP contribution in [-0.4, -0.2) is 27.2 Å². The fourth-order valence-electron chi connectivity index (χ4n) is 1.65. The van der Waals surface area contributed by atoms with E-state index < -0.39 is 12.2 Å². The quantitative estimate of drug-likeness (QED) is 0.843. The summed E-state index contributed by atoms with van der Waals surface area (Å²) in [4.78, 5) is 10.8. The molecule has 0 spiro atoms. The number of hydrogen-bond acceptors (Lipinski definition) is 4. The van der Waals surface area contributed by atoms with Crippen molar-refractivity contribution in [3.8, 4) is 0 Å². The van der Waals surface area contributed by atoms with E-state index in [1.54, 1.807) is 0 Å². The molecule has 2 unspecified atom stereocenters. The van der Waals surface area contributed by atoms with Crippen molar-refractivity contribution in [3.63, 3.8) is 0 Å². The molecular weight excluding hydrogens is 236 g/mol. The molecule has 0 saturated carbocycles. The Morgan fingerprint density at radius 1 is 1.35 bits per heavy atom. The summed E-state index contributed by atoms with van der Waals surface area (Å²) < 4.78 is 0. The lowest BCUT2D eigenvalue weighted by molar-refractivity contribution is -0.109. The molecule has 4 heteroatoms. The first kappa shape index (κ1) is 14.2. The van der Waals surface area contributed by atoms with Gasteiger partial charge in [-0.1, -0.05) is 43.0 Å². The standard InChI is InChI=1S/C13H18O3S/c1-3-10-6-4-5-7-11(10)13(16)12(15)8-17-9(2)14/h4-7,12-13,15-16H,3,8H2,1-2H3. The number of carbonyl (C=O) groups is 1. The average Bonchev–Trinajstić information content (AvgIpc) is 2.34. The van der Waals surface area contributed by atoms with Gasteiger partial charge in [0, 0.05) is 12.7 Å². The van der Waals surface area contributed by atoms with Crippen molar-refractivity contribution in [2.45, 2.75) is 32.5 Å². The van der Waals surface area contributed by atoms with Crippen LogP contribution < -0.4 is 0 Å². The molecule has 1 aromatic rings. The van der Waals surface area contributed by atoms with Gasteiger partial charge < -0.3 is 10.2 Å². The molecule has 0 aromatic heterocycles. The molecule has 1 aromatic carbocycles. The van der Waals surface area contributed by atoms with Gasteiger partial charge in [-0.25, -0.2) is 0 Å². The maximum absolute atomic E-state index is 10.8. The lowest BCUT2D eigenvalue weighted by Gasteiger charge is -2.19. The monoisotopic (exact) mass is 254 g/mol. The normalized spacial score (nSPS) is 14.4. The van der Waals surface area contributed by atoms with E-state index in [4.69, 9.17) is 0 Å². The average molecular weight is 254 g/mol. The van der Waals surface area contributed by atoms with Crippen molar-refractivity contribution < 1.29 is 15.0 Å². The topological polar surface area (TPSA) is 57.5 Å². The highest BCUT2D eigenvalue weighted by molar-refractivity contribution is 8.13. The Hall–Kier alpha value is -0.840. The van der Waals surface area contributed by atoms with E-state index in [2.05, 4.69) is 0 Å². The maximum Gasteiger partial charge on any atom is 0.185 e. The van der Waals surface area contributed by atoms with Crippen molar-refractivity contribution in [3.05, 3.63) is 35.4 Å². The first-order valence-corrected chi connectivity index (χ1v) is 6.62. The van der Waals surface area contributed by atoms with E-state index in [0.717, 1.165) is 29.3 Å². The van der Waals surface area contributed by atoms with Gasteiger partial charge in [0.25, 0.3) is 0 Å². The SMILES string of the molecule is CCc1ccccc1C(O)C(O)CSC(C)=O. The van der Waals surface area contributed by atoms with Crippen LogP contribution in [0.4, 0.5) is 0 Å². The van der Waals surface area contributed by atoms with E-state index in [9.17, 15) is 15.0 Å². The summed E-state index contributed by atoms with van der Waals surface area (Å²) in [6.45, 7) is 3.45. The number of aliphatic hydroxyl groups excluding tert-OH is 2. The number of aliphatic hydroxyl groups is 2. The second-order valence-electron chi connectivity index (χ2n) is 3.87. The van der Waals surface area contributed by atoms with Crippen molar-refractivity contribution in [2.24, 2.45) is 0 Å². The second-order valence-corrected chi connectivity index (χ2v) is 5.06. The van der Waals surface area contributed by atoms with Crippen LogP contribution in [0.1, 0.15) is 31.1 Å². The van der Waals surface area contributed by atoms with Crippen LogP contribution in [0.5, 0.6) is 0 Å². The molecule has 3 nitrogen and oxygen atoms in total. The molecular formula is C13H18O3S. The first-order chi connectivity index (χ1) is 8.06. The molecule has 0 aliphatic carbocycles. The maximum atomic E-state index is 10.8. The summed E-state index contributed by atoms with van der Waals surface area (Å²) in [6.07, 6.45) is -1.05. The van der Waals surface area contributed by atoms with Gasteiger partial charge in [-0.3, -0.25) is 4.79 Å². The number of aryl methyl sites for hydroxylation is 1. The van der Waals surface area contributed by atoms with Gasteiger partial charge in [0.1, 0.15) is 6.10 Å². The molecule has 2 atom stereocenters. The third-order valence-electron chi connectivity index (χ3n) is 2.58. The lowest BCUT2D eigenvalue weighted by atomic mass is 9.98. The Morgan fingerprint density at radius 2 is 2.00 bits per heavy atom. The highest BCUT2D eigenvalue weighted by Gasteiger charge is 2.20. The molecule has 17 heavy (non-hydrogen) atoms. The predicted octanol–water partition coefficient (Wildman–Crippen LogP) is 1.92. The summed E-state index contributed by atoms with van der Waals surface area (Å²) >= 11 is 1.03. The van der Waals surface area contributed by atoms with Crippen molar-refractivity contribution in [2.75, 3.05) is 5.75 Å². The Labute approximate surface area is 106 Å². The van der Waals surface area contributed by atoms with Gasteiger partial charge >= 0.3 is 0 Å². The number of benzene rings is 1.